The molecule has 1 aromatic carbocycles. The van der Waals surface area contributed by atoms with E-state index in [4.69, 9.17) is 0 Å². The Bertz CT molecular complexity index is 497. The van der Waals surface area contributed by atoms with Crippen LogP contribution in [0.4, 0.5) is 0 Å². The van der Waals surface area contributed by atoms with Gasteiger partial charge in [0.25, 0.3) is 0 Å². The molecule has 1 fully saturated rings. The van der Waals surface area contributed by atoms with E-state index < -0.39 is 14.6 Å². The highest BCUT2D eigenvalue weighted by molar-refractivity contribution is 7.92. The monoisotopic (exact) mass is 264 g/mol. The third kappa shape index (κ3) is 2.24. The van der Waals surface area contributed by atoms with Gasteiger partial charge in [0.15, 0.2) is 9.84 Å². The molecule has 2 nitrogen and oxygen atoms in total. The molecule has 0 unspecified atom stereocenters. The first kappa shape index (κ1) is 13.3. The van der Waals surface area contributed by atoms with E-state index >= 15 is 0 Å². The quantitative estimate of drug-likeness (QED) is 0.776. The van der Waals surface area contributed by atoms with Crippen LogP contribution in [0.25, 0.3) is 0 Å². The summed E-state index contributed by atoms with van der Waals surface area (Å²) in [5.41, 5.74) is 0. The number of hydrogen-bond donors (Lipinski definition) is 0. The van der Waals surface area contributed by atoms with Gasteiger partial charge in [0.05, 0.1) is 9.64 Å². The number of allylic oxidation sites excluding steroid dienone is 1. The summed E-state index contributed by atoms with van der Waals surface area (Å²) in [4.78, 5) is 0.453. The van der Waals surface area contributed by atoms with Crippen LogP contribution in [-0.2, 0) is 9.84 Å². The Labute approximate surface area is 110 Å². The minimum Gasteiger partial charge on any atom is -0.223 e. The van der Waals surface area contributed by atoms with Crippen LogP contribution in [-0.4, -0.2) is 13.2 Å². The maximum Gasteiger partial charge on any atom is 0.184 e. The summed E-state index contributed by atoms with van der Waals surface area (Å²) in [7, 11) is -3.26. The third-order valence-electron chi connectivity index (χ3n) is 3.90. The van der Waals surface area contributed by atoms with Gasteiger partial charge in [-0.3, -0.25) is 0 Å². The minimum absolute atomic E-state index is 0.453. The molecule has 98 valence electrons. The minimum atomic E-state index is -3.26. The van der Waals surface area contributed by atoms with Crippen LogP contribution in [0.3, 0.4) is 0 Å². The number of rotatable bonds is 4. The van der Waals surface area contributed by atoms with E-state index in [-0.39, 0.29) is 0 Å². The second-order valence-electron chi connectivity index (χ2n) is 5.05. The Morgan fingerprint density at radius 2 is 1.72 bits per heavy atom. The Morgan fingerprint density at radius 1 is 1.11 bits per heavy atom. The van der Waals surface area contributed by atoms with E-state index in [1.165, 1.54) is 0 Å². The second kappa shape index (κ2) is 5.27. The summed E-state index contributed by atoms with van der Waals surface area (Å²) in [6.07, 6.45) is 6.98. The van der Waals surface area contributed by atoms with Gasteiger partial charge in [-0.05, 0) is 31.4 Å². The van der Waals surface area contributed by atoms with Crippen LogP contribution < -0.4 is 0 Å². The molecule has 1 saturated carbocycles. The molecule has 1 aliphatic carbocycles. The zero-order valence-corrected chi connectivity index (χ0v) is 11.5. The predicted octanol–water partition coefficient (Wildman–Crippen LogP) is 3.74. The van der Waals surface area contributed by atoms with E-state index in [0.29, 0.717) is 11.3 Å². The smallest absolute Gasteiger partial charge is 0.184 e. The van der Waals surface area contributed by atoms with Gasteiger partial charge in [0.2, 0.25) is 0 Å². The van der Waals surface area contributed by atoms with Crippen LogP contribution in [0.2, 0.25) is 0 Å². The van der Waals surface area contributed by atoms with Gasteiger partial charge in [-0.15, -0.1) is 6.58 Å². The Hall–Kier alpha value is -1.09. The molecule has 0 aliphatic heterocycles. The fraction of sp³-hybridized carbons (Fsp3) is 0.467. The van der Waals surface area contributed by atoms with Crippen molar-refractivity contribution in [3.8, 4) is 0 Å². The Kier molecular flexibility index (Phi) is 3.91. The average Bonchev–Trinajstić information content (AvgIpc) is 2.41. The highest BCUT2D eigenvalue weighted by Gasteiger charge is 2.44. The molecule has 0 spiro atoms. The van der Waals surface area contributed by atoms with Crippen LogP contribution in [0, 0.1) is 0 Å². The van der Waals surface area contributed by atoms with E-state index in [1.807, 2.05) is 6.07 Å². The number of benzene rings is 1. The number of sulfone groups is 1. The van der Waals surface area contributed by atoms with Crippen molar-refractivity contribution in [1.82, 2.24) is 0 Å². The van der Waals surface area contributed by atoms with Crippen LogP contribution in [0.15, 0.2) is 47.9 Å². The van der Waals surface area contributed by atoms with Crippen molar-refractivity contribution in [3.05, 3.63) is 43.0 Å². The lowest BCUT2D eigenvalue weighted by atomic mass is 9.86. The molecule has 2 rings (SSSR count). The van der Waals surface area contributed by atoms with Gasteiger partial charge in [-0.1, -0.05) is 43.5 Å². The molecule has 0 N–H and O–H groups in total. The van der Waals surface area contributed by atoms with Gasteiger partial charge in [0.1, 0.15) is 0 Å². The molecular weight excluding hydrogens is 244 g/mol. The summed E-state index contributed by atoms with van der Waals surface area (Å²) in [5, 5.41) is 0. The highest BCUT2D eigenvalue weighted by Crippen LogP contribution is 2.41. The zero-order valence-electron chi connectivity index (χ0n) is 10.6. The molecule has 1 aliphatic rings. The van der Waals surface area contributed by atoms with E-state index in [0.717, 1.165) is 32.1 Å². The lowest BCUT2D eigenvalue weighted by molar-refractivity contribution is 0.374. The van der Waals surface area contributed by atoms with Gasteiger partial charge in [-0.25, -0.2) is 8.42 Å². The standard InChI is InChI=1S/C15H20O2S/c1-2-11-15(12-7-4-8-13-15)18(16,17)14-9-5-3-6-10-14/h2-3,5-6,9-10H,1,4,7-8,11-13H2. The fourth-order valence-electron chi connectivity index (χ4n) is 2.89. The van der Waals surface area contributed by atoms with E-state index in [1.54, 1.807) is 30.3 Å². The third-order valence-corrected chi connectivity index (χ3v) is 6.51. The van der Waals surface area contributed by atoms with Gasteiger partial charge >= 0.3 is 0 Å². The molecule has 0 heterocycles. The van der Waals surface area contributed by atoms with Crippen molar-refractivity contribution in [2.45, 2.75) is 48.2 Å². The molecular formula is C15H20O2S. The normalized spacial score (nSPS) is 19.3. The fourth-order valence-corrected chi connectivity index (χ4v) is 5.07. The maximum absolute atomic E-state index is 12.9. The summed E-state index contributed by atoms with van der Waals surface area (Å²) in [5.74, 6) is 0. The van der Waals surface area contributed by atoms with Crippen molar-refractivity contribution in [2.24, 2.45) is 0 Å². The van der Waals surface area contributed by atoms with E-state index in [9.17, 15) is 8.42 Å². The summed E-state index contributed by atoms with van der Waals surface area (Å²) < 4.78 is 25.1. The summed E-state index contributed by atoms with van der Waals surface area (Å²) in [6, 6.07) is 8.83. The van der Waals surface area contributed by atoms with Crippen molar-refractivity contribution < 1.29 is 8.42 Å². The first-order chi connectivity index (χ1) is 8.62. The SMILES string of the molecule is C=CCC1(S(=O)(=O)c2ccccc2)CCCCC1. The summed E-state index contributed by atoms with van der Waals surface area (Å²) >= 11 is 0. The number of hydrogen-bond acceptors (Lipinski definition) is 2. The molecule has 0 amide bonds. The average molecular weight is 264 g/mol. The Balaban J connectivity index is 2.45. The van der Waals surface area contributed by atoms with Crippen LogP contribution >= 0.6 is 0 Å². The van der Waals surface area contributed by atoms with Crippen LogP contribution in [0.1, 0.15) is 38.5 Å². The molecule has 0 radical (unpaired) electrons. The molecule has 0 bridgehead atoms. The van der Waals surface area contributed by atoms with Gasteiger partial charge in [0, 0.05) is 0 Å². The zero-order chi connectivity index (χ0) is 13.1. The molecule has 3 heteroatoms. The molecule has 0 aromatic heterocycles. The topological polar surface area (TPSA) is 34.1 Å². The lowest BCUT2D eigenvalue weighted by Gasteiger charge is -2.36. The van der Waals surface area contributed by atoms with Gasteiger partial charge in [-0.2, -0.15) is 0 Å². The first-order valence-electron chi connectivity index (χ1n) is 6.53. The molecule has 18 heavy (non-hydrogen) atoms. The Morgan fingerprint density at radius 3 is 2.28 bits per heavy atom. The first-order valence-corrected chi connectivity index (χ1v) is 8.01. The lowest BCUT2D eigenvalue weighted by Crippen LogP contribution is -2.40. The largest absolute Gasteiger partial charge is 0.223 e. The molecule has 0 atom stereocenters. The second-order valence-corrected chi connectivity index (χ2v) is 7.40. The van der Waals surface area contributed by atoms with Crippen LogP contribution in [0.5, 0.6) is 0 Å². The molecule has 0 saturated heterocycles. The van der Waals surface area contributed by atoms with E-state index in [2.05, 4.69) is 6.58 Å². The highest BCUT2D eigenvalue weighted by atomic mass is 32.2. The summed E-state index contributed by atoms with van der Waals surface area (Å²) in [6.45, 7) is 3.74. The van der Waals surface area contributed by atoms with Crippen molar-refractivity contribution in [2.75, 3.05) is 0 Å². The van der Waals surface area contributed by atoms with Crippen molar-refractivity contribution in [3.63, 3.8) is 0 Å². The van der Waals surface area contributed by atoms with Crippen molar-refractivity contribution >= 4 is 9.84 Å². The van der Waals surface area contributed by atoms with Gasteiger partial charge < -0.3 is 0 Å². The predicted molar refractivity (Wildman–Crippen MR) is 74.3 cm³/mol. The van der Waals surface area contributed by atoms with Crippen molar-refractivity contribution in [1.29, 1.82) is 0 Å². The maximum atomic E-state index is 12.9. The molecule has 1 aromatic rings.